The van der Waals surface area contributed by atoms with Crippen LogP contribution >= 0.6 is 27.3 Å². The molecule has 1 aromatic heterocycles. The third-order valence-corrected chi connectivity index (χ3v) is 5.26. The van der Waals surface area contributed by atoms with E-state index < -0.39 is 0 Å². The molecule has 3 rings (SSSR count). The summed E-state index contributed by atoms with van der Waals surface area (Å²) in [7, 11) is 0. The Morgan fingerprint density at radius 1 is 1.29 bits per heavy atom. The van der Waals surface area contributed by atoms with Crippen molar-refractivity contribution in [1.29, 1.82) is 0 Å². The SMILES string of the molecule is CC(C)C(NCc1cc2c(cc1Br)OCO2)c1cccs1. The molecule has 1 aliphatic rings. The van der Waals surface area contributed by atoms with Crippen LogP contribution in [-0.4, -0.2) is 6.79 Å². The Balaban J connectivity index is 1.75. The minimum atomic E-state index is 0.308. The molecule has 2 heterocycles. The zero-order valence-electron chi connectivity index (χ0n) is 12.1. The van der Waals surface area contributed by atoms with Crippen LogP contribution in [0, 0.1) is 5.92 Å². The minimum Gasteiger partial charge on any atom is -0.454 e. The first-order valence-corrected chi connectivity index (χ1v) is 8.67. The maximum absolute atomic E-state index is 5.45. The van der Waals surface area contributed by atoms with Gasteiger partial charge in [0, 0.05) is 21.9 Å². The second kappa shape index (κ2) is 6.38. The van der Waals surface area contributed by atoms with Gasteiger partial charge in [0.05, 0.1) is 0 Å². The minimum absolute atomic E-state index is 0.308. The van der Waals surface area contributed by atoms with Gasteiger partial charge in [0.1, 0.15) is 0 Å². The van der Waals surface area contributed by atoms with Crippen LogP contribution in [0.15, 0.2) is 34.1 Å². The number of rotatable bonds is 5. The first-order chi connectivity index (χ1) is 10.1. The van der Waals surface area contributed by atoms with Gasteiger partial charge in [-0.05, 0) is 35.1 Å². The summed E-state index contributed by atoms with van der Waals surface area (Å²) in [6.45, 7) is 5.58. The van der Waals surface area contributed by atoms with Crippen LogP contribution in [0.4, 0.5) is 0 Å². The van der Waals surface area contributed by atoms with Gasteiger partial charge in [0.15, 0.2) is 11.5 Å². The normalized spacial score (nSPS) is 14.7. The molecule has 0 fully saturated rings. The predicted molar refractivity (Wildman–Crippen MR) is 89.0 cm³/mol. The van der Waals surface area contributed by atoms with E-state index in [1.54, 1.807) is 11.3 Å². The molecule has 0 saturated carbocycles. The summed E-state index contributed by atoms with van der Waals surface area (Å²) in [5, 5.41) is 5.78. The van der Waals surface area contributed by atoms with Gasteiger partial charge >= 0.3 is 0 Å². The van der Waals surface area contributed by atoms with Crippen LogP contribution in [0.1, 0.15) is 30.3 Å². The second-order valence-corrected chi connectivity index (χ2v) is 7.25. The van der Waals surface area contributed by atoms with Crippen molar-refractivity contribution in [3.63, 3.8) is 0 Å². The molecule has 0 bridgehead atoms. The maximum Gasteiger partial charge on any atom is 0.231 e. The van der Waals surface area contributed by atoms with E-state index in [4.69, 9.17) is 9.47 Å². The summed E-state index contributed by atoms with van der Waals surface area (Å²) in [4.78, 5) is 1.38. The molecule has 1 unspecified atom stereocenters. The number of thiophene rings is 1. The van der Waals surface area contributed by atoms with Crippen molar-refractivity contribution in [2.24, 2.45) is 5.92 Å². The molecular formula is C16H18BrNO2S. The first-order valence-electron chi connectivity index (χ1n) is 7.00. The number of hydrogen-bond acceptors (Lipinski definition) is 4. The number of hydrogen-bond donors (Lipinski definition) is 1. The molecule has 0 amide bonds. The lowest BCUT2D eigenvalue weighted by Crippen LogP contribution is -2.24. The van der Waals surface area contributed by atoms with Gasteiger partial charge in [-0.15, -0.1) is 11.3 Å². The highest BCUT2D eigenvalue weighted by Gasteiger charge is 2.19. The highest BCUT2D eigenvalue weighted by molar-refractivity contribution is 9.10. The summed E-state index contributed by atoms with van der Waals surface area (Å²) in [5.74, 6) is 2.17. The molecular weight excluding hydrogens is 350 g/mol. The van der Waals surface area contributed by atoms with Crippen LogP contribution in [0.2, 0.25) is 0 Å². The van der Waals surface area contributed by atoms with Crippen molar-refractivity contribution in [2.45, 2.75) is 26.4 Å². The fourth-order valence-corrected chi connectivity index (χ4v) is 3.88. The van der Waals surface area contributed by atoms with Crippen molar-refractivity contribution in [3.8, 4) is 11.5 Å². The lowest BCUT2D eigenvalue weighted by molar-refractivity contribution is 0.174. The average Bonchev–Trinajstić information content (AvgIpc) is 3.09. The zero-order chi connectivity index (χ0) is 14.8. The predicted octanol–water partition coefficient (Wildman–Crippen LogP) is 4.73. The lowest BCUT2D eigenvalue weighted by Gasteiger charge is -2.22. The molecule has 1 N–H and O–H groups in total. The van der Waals surface area contributed by atoms with E-state index in [0.29, 0.717) is 18.8 Å². The molecule has 1 aromatic carbocycles. The summed E-state index contributed by atoms with van der Waals surface area (Å²) in [6.07, 6.45) is 0. The number of ether oxygens (including phenoxy) is 2. The Morgan fingerprint density at radius 3 is 2.71 bits per heavy atom. The monoisotopic (exact) mass is 367 g/mol. The number of benzene rings is 1. The Kier molecular flexibility index (Phi) is 4.52. The first kappa shape index (κ1) is 14.9. The lowest BCUT2D eigenvalue weighted by atomic mass is 10.0. The van der Waals surface area contributed by atoms with E-state index in [-0.39, 0.29) is 0 Å². The van der Waals surface area contributed by atoms with Crippen molar-refractivity contribution < 1.29 is 9.47 Å². The molecule has 0 spiro atoms. The molecule has 3 nitrogen and oxygen atoms in total. The van der Waals surface area contributed by atoms with Crippen molar-refractivity contribution in [1.82, 2.24) is 5.32 Å². The molecule has 1 aliphatic heterocycles. The van der Waals surface area contributed by atoms with Crippen molar-refractivity contribution in [3.05, 3.63) is 44.6 Å². The van der Waals surface area contributed by atoms with Crippen molar-refractivity contribution >= 4 is 27.3 Å². The number of nitrogens with one attached hydrogen (secondary N) is 1. The average molecular weight is 368 g/mol. The van der Waals surface area contributed by atoms with Crippen LogP contribution in [0.3, 0.4) is 0 Å². The van der Waals surface area contributed by atoms with Crippen LogP contribution in [0.5, 0.6) is 11.5 Å². The van der Waals surface area contributed by atoms with Gasteiger partial charge < -0.3 is 14.8 Å². The van der Waals surface area contributed by atoms with Gasteiger partial charge in [-0.1, -0.05) is 35.8 Å². The number of halogens is 1. The van der Waals surface area contributed by atoms with Crippen LogP contribution < -0.4 is 14.8 Å². The zero-order valence-corrected chi connectivity index (χ0v) is 14.5. The Bertz CT molecular complexity index is 613. The standard InChI is InChI=1S/C16H18BrNO2S/c1-10(2)16(15-4-3-5-21-15)18-8-11-6-13-14(7-12(11)17)20-9-19-13/h3-7,10,16,18H,8-9H2,1-2H3. The summed E-state index contributed by atoms with van der Waals surface area (Å²) < 4.78 is 11.9. The van der Waals surface area contributed by atoms with Gasteiger partial charge in [-0.25, -0.2) is 0 Å². The van der Waals surface area contributed by atoms with Gasteiger partial charge in [-0.2, -0.15) is 0 Å². The molecule has 2 aromatic rings. The molecule has 0 aliphatic carbocycles. The quantitative estimate of drug-likeness (QED) is 0.828. The Hall–Kier alpha value is -1.04. The fraction of sp³-hybridized carbons (Fsp3) is 0.375. The second-order valence-electron chi connectivity index (χ2n) is 5.41. The summed E-state index contributed by atoms with van der Waals surface area (Å²) >= 11 is 5.41. The third-order valence-electron chi connectivity index (χ3n) is 3.57. The third kappa shape index (κ3) is 3.25. The highest BCUT2D eigenvalue weighted by Crippen LogP contribution is 2.37. The molecule has 0 saturated heterocycles. The molecule has 0 radical (unpaired) electrons. The van der Waals surface area contributed by atoms with Gasteiger partial charge in [0.25, 0.3) is 0 Å². The molecule has 21 heavy (non-hydrogen) atoms. The maximum atomic E-state index is 5.45. The topological polar surface area (TPSA) is 30.5 Å². The molecule has 1 atom stereocenters. The Labute approximate surface area is 137 Å². The molecule has 112 valence electrons. The van der Waals surface area contributed by atoms with E-state index in [1.807, 2.05) is 12.1 Å². The van der Waals surface area contributed by atoms with E-state index in [2.05, 4.69) is 52.6 Å². The summed E-state index contributed by atoms with van der Waals surface area (Å²) in [5.41, 5.74) is 1.18. The van der Waals surface area contributed by atoms with E-state index in [1.165, 1.54) is 10.4 Å². The van der Waals surface area contributed by atoms with E-state index in [9.17, 15) is 0 Å². The van der Waals surface area contributed by atoms with Gasteiger partial charge in [0.2, 0.25) is 6.79 Å². The van der Waals surface area contributed by atoms with Crippen molar-refractivity contribution in [2.75, 3.05) is 6.79 Å². The molecule has 5 heteroatoms. The smallest absolute Gasteiger partial charge is 0.231 e. The number of fused-ring (bicyclic) bond motifs is 1. The van der Waals surface area contributed by atoms with E-state index in [0.717, 1.165) is 22.5 Å². The fourth-order valence-electron chi connectivity index (χ4n) is 2.45. The highest BCUT2D eigenvalue weighted by atomic mass is 79.9. The van der Waals surface area contributed by atoms with E-state index >= 15 is 0 Å². The van der Waals surface area contributed by atoms with Crippen LogP contribution in [-0.2, 0) is 6.54 Å². The summed E-state index contributed by atoms with van der Waals surface area (Å²) in [6, 6.07) is 8.69. The van der Waals surface area contributed by atoms with Gasteiger partial charge in [-0.3, -0.25) is 0 Å². The largest absolute Gasteiger partial charge is 0.454 e. The van der Waals surface area contributed by atoms with Crippen LogP contribution in [0.25, 0.3) is 0 Å². The Morgan fingerprint density at radius 2 is 2.05 bits per heavy atom.